The second-order valence-corrected chi connectivity index (χ2v) is 6.51. The monoisotopic (exact) mass is 364 g/mol. The number of aromatic amines is 1. The minimum Gasteiger partial charge on any atom is -0.494 e. The molecule has 5 heteroatoms. The van der Waals surface area contributed by atoms with Crippen LogP contribution in [0.3, 0.4) is 0 Å². The molecular formula is C22H24N2O3. The summed E-state index contributed by atoms with van der Waals surface area (Å²) >= 11 is 0. The molecule has 0 aliphatic heterocycles. The lowest BCUT2D eigenvalue weighted by Gasteiger charge is -2.08. The van der Waals surface area contributed by atoms with Gasteiger partial charge in [0.2, 0.25) is 0 Å². The summed E-state index contributed by atoms with van der Waals surface area (Å²) in [6.07, 6.45) is 5.36. The number of carbonyl (C=O) groups is 1. The van der Waals surface area contributed by atoms with Crippen molar-refractivity contribution in [2.45, 2.75) is 32.1 Å². The van der Waals surface area contributed by atoms with E-state index in [9.17, 15) is 4.79 Å². The zero-order chi connectivity index (χ0) is 18.9. The summed E-state index contributed by atoms with van der Waals surface area (Å²) in [5.41, 5.74) is 4.54. The van der Waals surface area contributed by atoms with Crippen LogP contribution in [0.4, 0.5) is 0 Å². The quantitative estimate of drug-likeness (QED) is 0.520. The van der Waals surface area contributed by atoms with Crippen molar-refractivity contribution in [3.63, 3.8) is 0 Å². The Morgan fingerprint density at radius 1 is 0.926 bits per heavy atom. The number of hydrogen-bond donors (Lipinski definition) is 2. The molecule has 0 bridgehead atoms. The van der Waals surface area contributed by atoms with E-state index >= 15 is 0 Å². The molecule has 0 spiro atoms. The molecule has 0 aliphatic carbocycles. The standard InChI is InChI=1S/C22H24N2O3/c25-22(26)5-1-3-17-6-8-18(9-7-17)4-2-16-27-20-12-10-19(11-13-20)21-14-15-23-24-21/h6-15H,1-5,16H2,(H,23,24)(H,25,26). The summed E-state index contributed by atoms with van der Waals surface area (Å²) in [4.78, 5) is 10.5. The van der Waals surface area contributed by atoms with Gasteiger partial charge >= 0.3 is 5.97 Å². The Labute approximate surface area is 159 Å². The molecule has 3 rings (SSSR count). The Kier molecular flexibility index (Phi) is 6.63. The number of nitrogens with zero attached hydrogens (tertiary/aromatic N) is 1. The number of rotatable bonds is 10. The molecule has 0 saturated heterocycles. The highest BCUT2D eigenvalue weighted by Gasteiger charge is 2.01. The molecule has 0 radical (unpaired) electrons. The molecule has 0 aliphatic rings. The van der Waals surface area contributed by atoms with Gasteiger partial charge in [0.1, 0.15) is 5.75 Å². The highest BCUT2D eigenvalue weighted by atomic mass is 16.5. The van der Waals surface area contributed by atoms with Crippen LogP contribution in [-0.2, 0) is 17.6 Å². The van der Waals surface area contributed by atoms with Gasteiger partial charge in [-0.3, -0.25) is 9.89 Å². The molecule has 140 valence electrons. The zero-order valence-electron chi connectivity index (χ0n) is 15.2. The SMILES string of the molecule is O=C(O)CCCc1ccc(CCCOc2ccc(-c3ccn[nH]3)cc2)cc1. The molecule has 5 nitrogen and oxygen atoms in total. The van der Waals surface area contributed by atoms with Crippen molar-refractivity contribution in [3.8, 4) is 17.0 Å². The lowest BCUT2D eigenvalue weighted by atomic mass is 10.0. The average Bonchev–Trinajstić information content (AvgIpc) is 3.21. The summed E-state index contributed by atoms with van der Waals surface area (Å²) in [7, 11) is 0. The van der Waals surface area contributed by atoms with E-state index in [-0.39, 0.29) is 6.42 Å². The van der Waals surface area contributed by atoms with Gasteiger partial charge in [-0.2, -0.15) is 5.10 Å². The number of ether oxygens (including phenoxy) is 1. The Hall–Kier alpha value is -3.08. The van der Waals surface area contributed by atoms with Crippen molar-refractivity contribution in [2.24, 2.45) is 0 Å². The first-order valence-corrected chi connectivity index (χ1v) is 9.23. The van der Waals surface area contributed by atoms with Crippen molar-refractivity contribution in [1.29, 1.82) is 0 Å². The predicted molar refractivity (Wildman–Crippen MR) is 105 cm³/mol. The molecule has 1 aromatic heterocycles. The zero-order valence-corrected chi connectivity index (χ0v) is 15.2. The van der Waals surface area contributed by atoms with E-state index in [0.717, 1.165) is 36.3 Å². The van der Waals surface area contributed by atoms with Crippen molar-refractivity contribution in [1.82, 2.24) is 10.2 Å². The van der Waals surface area contributed by atoms with Crippen LogP contribution in [-0.4, -0.2) is 27.9 Å². The van der Waals surface area contributed by atoms with Gasteiger partial charge in [-0.15, -0.1) is 0 Å². The van der Waals surface area contributed by atoms with Crippen molar-refractivity contribution >= 4 is 5.97 Å². The van der Waals surface area contributed by atoms with E-state index in [2.05, 4.69) is 34.5 Å². The number of H-pyrrole nitrogens is 1. The van der Waals surface area contributed by atoms with Gasteiger partial charge in [0, 0.05) is 12.6 Å². The Morgan fingerprint density at radius 2 is 1.59 bits per heavy atom. The van der Waals surface area contributed by atoms with Crippen LogP contribution >= 0.6 is 0 Å². The molecule has 0 amide bonds. The first-order valence-electron chi connectivity index (χ1n) is 9.23. The summed E-state index contributed by atoms with van der Waals surface area (Å²) in [6, 6.07) is 18.3. The number of aryl methyl sites for hydroxylation is 2. The molecule has 2 N–H and O–H groups in total. The summed E-state index contributed by atoms with van der Waals surface area (Å²) in [5.74, 6) is 0.134. The van der Waals surface area contributed by atoms with Gasteiger partial charge in [-0.1, -0.05) is 24.3 Å². The van der Waals surface area contributed by atoms with Crippen LogP contribution < -0.4 is 4.74 Å². The molecular weight excluding hydrogens is 340 g/mol. The number of carboxylic acids is 1. The molecule has 0 fully saturated rings. The summed E-state index contributed by atoms with van der Waals surface area (Å²) in [5, 5.41) is 15.6. The topological polar surface area (TPSA) is 75.2 Å². The number of aliphatic carboxylic acids is 1. The highest BCUT2D eigenvalue weighted by Crippen LogP contribution is 2.20. The van der Waals surface area contributed by atoms with Crippen LogP contribution in [0.2, 0.25) is 0 Å². The fraction of sp³-hybridized carbons (Fsp3) is 0.273. The molecule has 0 saturated carbocycles. The van der Waals surface area contributed by atoms with E-state index in [0.29, 0.717) is 13.0 Å². The maximum atomic E-state index is 10.5. The lowest BCUT2D eigenvalue weighted by Crippen LogP contribution is -2.00. The van der Waals surface area contributed by atoms with E-state index in [1.54, 1.807) is 6.20 Å². The Balaban J connectivity index is 1.38. The number of benzene rings is 2. The molecule has 0 unspecified atom stereocenters. The number of nitrogens with one attached hydrogen (secondary N) is 1. The van der Waals surface area contributed by atoms with Crippen LogP contribution in [0.15, 0.2) is 60.8 Å². The second-order valence-electron chi connectivity index (χ2n) is 6.51. The molecule has 1 heterocycles. The third kappa shape index (κ3) is 5.99. The molecule has 0 atom stereocenters. The van der Waals surface area contributed by atoms with Gasteiger partial charge < -0.3 is 9.84 Å². The number of carboxylic acid groups (broad SMARTS) is 1. The smallest absolute Gasteiger partial charge is 0.303 e. The van der Waals surface area contributed by atoms with Gasteiger partial charge in [0.15, 0.2) is 0 Å². The van der Waals surface area contributed by atoms with Crippen LogP contribution in [0.5, 0.6) is 5.75 Å². The fourth-order valence-corrected chi connectivity index (χ4v) is 2.93. The number of hydrogen-bond acceptors (Lipinski definition) is 3. The minimum atomic E-state index is -0.734. The first kappa shape index (κ1) is 18.7. The van der Waals surface area contributed by atoms with E-state index in [1.165, 1.54) is 11.1 Å². The minimum absolute atomic E-state index is 0.224. The fourth-order valence-electron chi connectivity index (χ4n) is 2.93. The average molecular weight is 364 g/mol. The molecule has 27 heavy (non-hydrogen) atoms. The third-order valence-electron chi connectivity index (χ3n) is 4.42. The summed E-state index contributed by atoms with van der Waals surface area (Å²) < 4.78 is 5.82. The van der Waals surface area contributed by atoms with E-state index in [1.807, 2.05) is 30.3 Å². The second kappa shape index (κ2) is 9.57. The normalized spacial score (nSPS) is 10.7. The Morgan fingerprint density at radius 3 is 2.19 bits per heavy atom. The van der Waals surface area contributed by atoms with E-state index in [4.69, 9.17) is 9.84 Å². The van der Waals surface area contributed by atoms with Gasteiger partial charge in [0.25, 0.3) is 0 Å². The van der Waals surface area contributed by atoms with Gasteiger partial charge in [-0.25, -0.2) is 0 Å². The predicted octanol–water partition coefficient (Wildman–Crippen LogP) is 4.50. The summed E-state index contributed by atoms with van der Waals surface area (Å²) in [6.45, 7) is 0.670. The van der Waals surface area contributed by atoms with Gasteiger partial charge in [-0.05, 0) is 72.7 Å². The number of aromatic nitrogens is 2. The highest BCUT2D eigenvalue weighted by molar-refractivity contribution is 5.66. The maximum absolute atomic E-state index is 10.5. The third-order valence-corrected chi connectivity index (χ3v) is 4.42. The Bertz CT molecular complexity index is 825. The van der Waals surface area contributed by atoms with Crippen LogP contribution in [0.1, 0.15) is 30.4 Å². The van der Waals surface area contributed by atoms with Crippen LogP contribution in [0.25, 0.3) is 11.3 Å². The maximum Gasteiger partial charge on any atom is 0.303 e. The lowest BCUT2D eigenvalue weighted by molar-refractivity contribution is -0.137. The first-order chi connectivity index (χ1) is 13.2. The van der Waals surface area contributed by atoms with Crippen molar-refractivity contribution in [2.75, 3.05) is 6.61 Å². The molecule has 3 aromatic rings. The van der Waals surface area contributed by atoms with Crippen molar-refractivity contribution < 1.29 is 14.6 Å². The molecule has 2 aromatic carbocycles. The van der Waals surface area contributed by atoms with E-state index < -0.39 is 5.97 Å². The largest absolute Gasteiger partial charge is 0.494 e. The van der Waals surface area contributed by atoms with Crippen molar-refractivity contribution in [3.05, 3.63) is 71.9 Å². The van der Waals surface area contributed by atoms with Crippen LogP contribution in [0, 0.1) is 0 Å². The van der Waals surface area contributed by atoms with Gasteiger partial charge in [0.05, 0.1) is 12.3 Å².